The van der Waals surface area contributed by atoms with Crippen LogP contribution in [0.15, 0.2) is 49.1 Å². The van der Waals surface area contributed by atoms with Crippen molar-refractivity contribution in [1.29, 1.82) is 0 Å². The van der Waals surface area contributed by atoms with Gasteiger partial charge in [0.25, 0.3) is 5.91 Å². The van der Waals surface area contributed by atoms with E-state index >= 15 is 0 Å². The molecule has 1 atom stereocenters. The number of H-pyrrole nitrogens is 1. The number of aromatic nitrogens is 2. The second-order valence-electron chi connectivity index (χ2n) is 7.90. The summed E-state index contributed by atoms with van der Waals surface area (Å²) in [5.41, 5.74) is 5.18. The maximum absolute atomic E-state index is 13.3. The third kappa shape index (κ3) is 3.76. The molecule has 0 bridgehead atoms. The number of hydrogen-bond acceptors (Lipinski definition) is 5. The Bertz CT molecular complexity index is 1130. The van der Waals surface area contributed by atoms with E-state index in [0.29, 0.717) is 36.7 Å². The number of phenolic OH excluding ortho intramolecular Hbond substituents is 1. The van der Waals surface area contributed by atoms with Crippen LogP contribution >= 0.6 is 0 Å². The third-order valence-corrected chi connectivity index (χ3v) is 5.66. The number of nitrogens with zero attached hydrogens (tertiary/aromatic N) is 2. The molecule has 3 aromatic rings. The zero-order chi connectivity index (χ0) is 22.8. The van der Waals surface area contributed by atoms with E-state index in [0.717, 1.165) is 28.0 Å². The summed E-state index contributed by atoms with van der Waals surface area (Å²) in [5.74, 6) is 0.727. The number of aryl methyl sites for hydroxylation is 2. The summed E-state index contributed by atoms with van der Waals surface area (Å²) >= 11 is 0. The van der Waals surface area contributed by atoms with Crippen molar-refractivity contribution in [3.63, 3.8) is 0 Å². The van der Waals surface area contributed by atoms with E-state index in [-0.39, 0.29) is 17.7 Å². The highest BCUT2D eigenvalue weighted by atomic mass is 16.5. The minimum absolute atomic E-state index is 0.142. The average Bonchev–Trinajstić information content (AvgIpc) is 3.29. The molecule has 1 aromatic heterocycles. The maximum atomic E-state index is 13.3. The fourth-order valence-corrected chi connectivity index (χ4v) is 4.31. The molecule has 0 fully saturated rings. The summed E-state index contributed by atoms with van der Waals surface area (Å²) < 4.78 is 10.9. The Labute approximate surface area is 187 Å². The van der Waals surface area contributed by atoms with Gasteiger partial charge in [0, 0.05) is 24.8 Å². The number of aromatic hydroxyl groups is 1. The largest absolute Gasteiger partial charge is 0.507 e. The Morgan fingerprint density at radius 1 is 1.25 bits per heavy atom. The van der Waals surface area contributed by atoms with Crippen LogP contribution in [0.1, 0.15) is 38.8 Å². The normalized spacial score (nSPS) is 15.2. The van der Waals surface area contributed by atoms with Crippen molar-refractivity contribution in [2.45, 2.75) is 19.9 Å². The number of rotatable bonds is 8. The van der Waals surface area contributed by atoms with Gasteiger partial charge in [-0.1, -0.05) is 30.9 Å². The summed E-state index contributed by atoms with van der Waals surface area (Å²) in [7, 11) is 1.61. The van der Waals surface area contributed by atoms with Gasteiger partial charge in [-0.15, -0.1) is 0 Å². The molecule has 1 unspecified atom stereocenters. The van der Waals surface area contributed by atoms with Crippen LogP contribution in [0.25, 0.3) is 11.3 Å². The summed E-state index contributed by atoms with van der Waals surface area (Å²) in [5, 5.41) is 18.1. The van der Waals surface area contributed by atoms with E-state index in [1.165, 1.54) is 0 Å². The van der Waals surface area contributed by atoms with Gasteiger partial charge in [-0.2, -0.15) is 5.10 Å². The average molecular weight is 434 g/mol. The minimum atomic E-state index is -0.366. The number of phenols is 1. The highest BCUT2D eigenvalue weighted by molar-refractivity contribution is 6.00. The third-order valence-electron chi connectivity index (χ3n) is 5.66. The van der Waals surface area contributed by atoms with E-state index in [1.807, 2.05) is 44.2 Å². The number of carbonyl (C=O) groups excluding carboxylic acids is 1. The fraction of sp³-hybridized carbons (Fsp3) is 0.280. The van der Waals surface area contributed by atoms with Gasteiger partial charge in [-0.3, -0.25) is 9.89 Å². The van der Waals surface area contributed by atoms with Crippen LogP contribution in [0.2, 0.25) is 0 Å². The molecular formula is C25H27N3O4. The lowest BCUT2D eigenvalue weighted by Crippen LogP contribution is -2.32. The molecule has 2 aromatic carbocycles. The first-order valence-corrected chi connectivity index (χ1v) is 10.5. The van der Waals surface area contributed by atoms with Crippen molar-refractivity contribution in [1.82, 2.24) is 15.1 Å². The quantitative estimate of drug-likeness (QED) is 0.521. The summed E-state index contributed by atoms with van der Waals surface area (Å²) in [6, 6.07) is 11.0. The Hall–Kier alpha value is -3.58. The monoisotopic (exact) mass is 433 g/mol. The molecule has 4 rings (SSSR count). The molecule has 0 saturated carbocycles. The first kappa shape index (κ1) is 21.6. The molecule has 2 heterocycles. The smallest absolute Gasteiger partial charge is 0.273 e. The molecule has 0 saturated heterocycles. The lowest BCUT2D eigenvalue weighted by molar-refractivity contribution is 0.0677. The number of hydrogen-bond donors (Lipinski definition) is 2. The molecule has 7 heteroatoms. The SMILES string of the molecule is C=CCOc1ccc(C2c3c(-c4c(C)cc(C)cc4O)n[nH]c3C(=O)N2CCOC)cc1. The second kappa shape index (κ2) is 8.88. The van der Waals surface area contributed by atoms with Crippen molar-refractivity contribution >= 4 is 5.91 Å². The second-order valence-corrected chi connectivity index (χ2v) is 7.90. The molecule has 1 amide bonds. The van der Waals surface area contributed by atoms with Crippen LogP contribution in [0.3, 0.4) is 0 Å². The van der Waals surface area contributed by atoms with Crippen molar-refractivity contribution in [2.75, 3.05) is 26.9 Å². The Kier molecular flexibility index (Phi) is 6.01. The van der Waals surface area contributed by atoms with Crippen molar-refractivity contribution < 1.29 is 19.4 Å². The molecular weight excluding hydrogens is 406 g/mol. The zero-order valence-corrected chi connectivity index (χ0v) is 18.5. The Morgan fingerprint density at radius 2 is 2.00 bits per heavy atom. The first-order chi connectivity index (χ1) is 15.5. The van der Waals surface area contributed by atoms with Gasteiger partial charge in [-0.25, -0.2) is 0 Å². The predicted octanol–water partition coefficient (Wildman–Crippen LogP) is 4.16. The van der Waals surface area contributed by atoms with Gasteiger partial charge in [0.05, 0.1) is 12.6 Å². The zero-order valence-electron chi connectivity index (χ0n) is 18.5. The number of methoxy groups -OCH3 is 1. The Balaban J connectivity index is 1.83. The number of nitrogens with one attached hydrogen (secondary N) is 1. The molecule has 2 N–H and O–H groups in total. The predicted molar refractivity (Wildman–Crippen MR) is 122 cm³/mol. The van der Waals surface area contributed by atoms with Gasteiger partial charge < -0.3 is 19.5 Å². The lowest BCUT2D eigenvalue weighted by Gasteiger charge is -2.26. The van der Waals surface area contributed by atoms with E-state index in [9.17, 15) is 9.90 Å². The summed E-state index contributed by atoms with van der Waals surface area (Å²) in [6.07, 6.45) is 1.69. The van der Waals surface area contributed by atoms with Crippen molar-refractivity contribution in [2.24, 2.45) is 0 Å². The van der Waals surface area contributed by atoms with Crippen LogP contribution in [-0.2, 0) is 4.74 Å². The number of fused-ring (bicyclic) bond motifs is 1. The number of ether oxygens (including phenoxy) is 2. The van der Waals surface area contributed by atoms with Crippen LogP contribution < -0.4 is 4.74 Å². The topological polar surface area (TPSA) is 87.7 Å². The highest BCUT2D eigenvalue weighted by Crippen LogP contribution is 2.45. The molecule has 7 nitrogen and oxygen atoms in total. The van der Waals surface area contributed by atoms with Gasteiger partial charge >= 0.3 is 0 Å². The lowest BCUT2D eigenvalue weighted by atomic mass is 9.93. The minimum Gasteiger partial charge on any atom is -0.507 e. The molecule has 32 heavy (non-hydrogen) atoms. The van der Waals surface area contributed by atoms with E-state index in [1.54, 1.807) is 24.2 Å². The van der Waals surface area contributed by atoms with Crippen LogP contribution in [0, 0.1) is 13.8 Å². The van der Waals surface area contributed by atoms with Crippen LogP contribution in [-0.4, -0.2) is 53.0 Å². The maximum Gasteiger partial charge on any atom is 0.273 e. The number of amides is 1. The molecule has 166 valence electrons. The van der Waals surface area contributed by atoms with E-state index < -0.39 is 0 Å². The van der Waals surface area contributed by atoms with Crippen molar-refractivity contribution in [3.8, 4) is 22.8 Å². The van der Waals surface area contributed by atoms with Gasteiger partial charge in [0.15, 0.2) is 0 Å². The fourth-order valence-electron chi connectivity index (χ4n) is 4.31. The van der Waals surface area contributed by atoms with Crippen LogP contribution in [0.4, 0.5) is 0 Å². The van der Waals surface area contributed by atoms with Crippen molar-refractivity contribution in [3.05, 3.63) is 77.0 Å². The molecule has 0 spiro atoms. The van der Waals surface area contributed by atoms with Gasteiger partial charge in [-0.05, 0) is 48.7 Å². The van der Waals surface area contributed by atoms with E-state index in [4.69, 9.17) is 9.47 Å². The van der Waals surface area contributed by atoms with Gasteiger partial charge in [0.1, 0.15) is 29.5 Å². The van der Waals surface area contributed by atoms with E-state index in [2.05, 4.69) is 16.8 Å². The molecule has 1 aliphatic heterocycles. The van der Waals surface area contributed by atoms with Crippen LogP contribution in [0.5, 0.6) is 11.5 Å². The molecule has 0 radical (unpaired) electrons. The highest BCUT2D eigenvalue weighted by Gasteiger charge is 2.42. The first-order valence-electron chi connectivity index (χ1n) is 10.5. The molecule has 0 aliphatic carbocycles. The standard InChI is InChI=1S/C25H27N3O4/c1-5-11-32-18-8-6-17(7-9-18)24-21-22(20-16(3)13-15(2)14-19(20)29)26-27-23(21)25(30)28(24)10-12-31-4/h5-9,13-14,24,29H,1,10-12H2,2-4H3,(H,26,27). The Morgan fingerprint density at radius 3 is 2.66 bits per heavy atom. The summed E-state index contributed by atoms with van der Waals surface area (Å²) in [4.78, 5) is 15.0. The number of benzene rings is 2. The van der Waals surface area contributed by atoms with Gasteiger partial charge in [0.2, 0.25) is 0 Å². The molecule has 1 aliphatic rings. The number of carbonyl (C=O) groups is 1. The number of aromatic amines is 1. The summed E-state index contributed by atoms with van der Waals surface area (Å²) in [6.45, 7) is 8.79.